The van der Waals surface area contributed by atoms with Crippen molar-refractivity contribution in [3.63, 3.8) is 0 Å². The number of ether oxygens (including phenoxy) is 3. The molecule has 1 atom stereocenters. The van der Waals surface area contributed by atoms with E-state index in [1.807, 2.05) is 23.1 Å². The third-order valence-corrected chi connectivity index (χ3v) is 4.25. The quantitative estimate of drug-likeness (QED) is 0.807. The van der Waals surface area contributed by atoms with Gasteiger partial charge in [0, 0.05) is 29.6 Å². The smallest absolute Gasteiger partial charge is 0.328 e. The zero-order valence-electron chi connectivity index (χ0n) is 13.5. The number of carbonyl (C=O) groups excluding carboxylic acids is 1. The van der Waals surface area contributed by atoms with Crippen LogP contribution in [0.1, 0.15) is 12.8 Å². The highest BCUT2D eigenvalue weighted by Gasteiger charge is 2.33. The van der Waals surface area contributed by atoms with Gasteiger partial charge in [0.2, 0.25) is 0 Å². The van der Waals surface area contributed by atoms with E-state index in [4.69, 9.17) is 14.2 Å². The highest BCUT2D eigenvalue weighted by molar-refractivity contribution is 5.98. The number of hydrogen-bond donors (Lipinski definition) is 0. The van der Waals surface area contributed by atoms with Gasteiger partial charge in [0.05, 0.1) is 21.3 Å². The van der Waals surface area contributed by atoms with Crippen LogP contribution in [0, 0.1) is 0 Å². The second kappa shape index (κ2) is 6.32. The lowest BCUT2D eigenvalue weighted by Crippen LogP contribution is -2.37. The summed E-state index contributed by atoms with van der Waals surface area (Å²) in [5, 5.41) is 1.84. The summed E-state index contributed by atoms with van der Waals surface area (Å²) in [5.74, 6) is 1.94. The molecule has 122 valence electrons. The van der Waals surface area contributed by atoms with E-state index in [2.05, 4.69) is 4.98 Å². The normalized spacial score (nSPS) is 17.3. The Balaban J connectivity index is 2.15. The minimum absolute atomic E-state index is 0.226. The third-order valence-electron chi connectivity index (χ3n) is 4.25. The van der Waals surface area contributed by atoms with E-state index >= 15 is 0 Å². The molecule has 0 N–H and O–H groups in total. The van der Waals surface area contributed by atoms with Crippen molar-refractivity contribution in [2.45, 2.75) is 18.9 Å². The largest absolute Gasteiger partial charge is 0.497 e. The molecule has 3 rings (SSSR count). The van der Waals surface area contributed by atoms with Gasteiger partial charge in [-0.05, 0) is 25.0 Å². The zero-order valence-corrected chi connectivity index (χ0v) is 13.5. The standard InChI is InChI=1S/C17H20N2O4/c1-21-11-9-13-12(15(10-11)22-2)6-7-18-16(13)19-8-4-5-14(19)17(20)23-3/h6-7,9-10,14H,4-5,8H2,1-3H3. The Kier molecular flexibility index (Phi) is 4.23. The first-order chi connectivity index (χ1) is 11.2. The fourth-order valence-corrected chi connectivity index (χ4v) is 3.13. The summed E-state index contributed by atoms with van der Waals surface area (Å²) >= 11 is 0. The van der Waals surface area contributed by atoms with Crippen LogP contribution in [0.3, 0.4) is 0 Å². The van der Waals surface area contributed by atoms with Gasteiger partial charge in [-0.15, -0.1) is 0 Å². The molecule has 1 aliphatic rings. The number of anilines is 1. The minimum Gasteiger partial charge on any atom is -0.497 e. The first kappa shape index (κ1) is 15.4. The van der Waals surface area contributed by atoms with Gasteiger partial charge in [-0.25, -0.2) is 9.78 Å². The number of methoxy groups -OCH3 is 3. The monoisotopic (exact) mass is 316 g/mol. The number of aromatic nitrogens is 1. The van der Waals surface area contributed by atoms with Crippen LogP contribution in [0.4, 0.5) is 5.82 Å². The molecule has 1 unspecified atom stereocenters. The van der Waals surface area contributed by atoms with Gasteiger partial charge < -0.3 is 19.1 Å². The van der Waals surface area contributed by atoms with E-state index < -0.39 is 0 Å². The Morgan fingerprint density at radius 2 is 2.04 bits per heavy atom. The van der Waals surface area contributed by atoms with Crippen molar-refractivity contribution < 1.29 is 19.0 Å². The highest BCUT2D eigenvalue weighted by atomic mass is 16.5. The molecule has 6 heteroatoms. The Morgan fingerprint density at radius 1 is 1.22 bits per heavy atom. The number of benzene rings is 1. The van der Waals surface area contributed by atoms with E-state index in [1.54, 1.807) is 20.4 Å². The van der Waals surface area contributed by atoms with Crippen LogP contribution in [0.2, 0.25) is 0 Å². The number of fused-ring (bicyclic) bond motifs is 1. The molecule has 0 bridgehead atoms. The first-order valence-corrected chi connectivity index (χ1v) is 7.54. The molecule has 1 aromatic heterocycles. The lowest BCUT2D eigenvalue weighted by Gasteiger charge is -2.25. The van der Waals surface area contributed by atoms with E-state index in [1.165, 1.54) is 7.11 Å². The number of rotatable bonds is 4. The predicted molar refractivity (Wildman–Crippen MR) is 87.2 cm³/mol. The number of esters is 1. The van der Waals surface area contributed by atoms with Crippen LogP contribution < -0.4 is 14.4 Å². The summed E-state index contributed by atoms with van der Waals surface area (Å²) in [7, 11) is 4.66. The van der Waals surface area contributed by atoms with Gasteiger partial charge >= 0.3 is 5.97 Å². The maximum absolute atomic E-state index is 12.0. The molecule has 0 spiro atoms. The maximum atomic E-state index is 12.0. The summed E-state index contributed by atoms with van der Waals surface area (Å²) in [6, 6.07) is 5.37. The average Bonchev–Trinajstić information content (AvgIpc) is 3.08. The van der Waals surface area contributed by atoms with Crippen molar-refractivity contribution in [3.8, 4) is 11.5 Å². The van der Waals surface area contributed by atoms with Crippen molar-refractivity contribution >= 4 is 22.6 Å². The molecule has 1 saturated heterocycles. The summed E-state index contributed by atoms with van der Waals surface area (Å²) in [5.41, 5.74) is 0. The Bertz CT molecular complexity index is 732. The van der Waals surface area contributed by atoms with Crippen molar-refractivity contribution in [2.75, 3.05) is 32.8 Å². The molecule has 2 aromatic rings. The Hall–Kier alpha value is -2.50. The number of carbonyl (C=O) groups is 1. The number of hydrogen-bond acceptors (Lipinski definition) is 6. The molecule has 1 aromatic carbocycles. The van der Waals surface area contributed by atoms with Crippen molar-refractivity contribution in [1.29, 1.82) is 0 Å². The molecule has 2 heterocycles. The second-order valence-corrected chi connectivity index (χ2v) is 5.43. The van der Waals surface area contributed by atoms with E-state index in [9.17, 15) is 4.79 Å². The summed E-state index contributed by atoms with van der Waals surface area (Å²) in [6.07, 6.45) is 3.43. The fourth-order valence-electron chi connectivity index (χ4n) is 3.13. The van der Waals surface area contributed by atoms with E-state index in [-0.39, 0.29) is 12.0 Å². The lowest BCUT2D eigenvalue weighted by atomic mass is 10.1. The van der Waals surface area contributed by atoms with Crippen molar-refractivity contribution in [3.05, 3.63) is 24.4 Å². The van der Waals surface area contributed by atoms with Gasteiger partial charge in [0.25, 0.3) is 0 Å². The maximum Gasteiger partial charge on any atom is 0.328 e. The van der Waals surface area contributed by atoms with Crippen LogP contribution >= 0.6 is 0 Å². The van der Waals surface area contributed by atoms with Crippen molar-refractivity contribution in [2.24, 2.45) is 0 Å². The Labute approximate surface area is 135 Å². The molecule has 1 fully saturated rings. The number of nitrogens with zero attached hydrogens (tertiary/aromatic N) is 2. The average molecular weight is 316 g/mol. The minimum atomic E-state index is -0.296. The van der Waals surface area contributed by atoms with Crippen LogP contribution in [-0.4, -0.2) is 44.9 Å². The topological polar surface area (TPSA) is 60.9 Å². The SMILES string of the molecule is COC(=O)C1CCCN1c1nccc2c(OC)cc(OC)cc12. The molecule has 1 aliphatic heterocycles. The molecule has 23 heavy (non-hydrogen) atoms. The van der Waals surface area contributed by atoms with Gasteiger partial charge in [-0.3, -0.25) is 0 Å². The highest BCUT2D eigenvalue weighted by Crippen LogP contribution is 2.37. The van der Waals surface area contributed by atoms with Crippen LogP contribution in [0.5, 0.6) is 11.5 Å². The summed E-state index contributed by atoms with van der Waals surface area (Å²) < 4.78 is 15.8. The van der Waals surface area contributed by atoms with Gasteiger partial charge in [0.1, 0.15) is 23.4 Å². The van der Waals surface area contributed by atoms with Crippen LogP contribution in [0.25, 0.3) is 10.8 Å². The van der Waals surface area contributed by atoms with Crippen LogP contribution in [-0.2, 0) is 9.53 Å². The molecule has 0 aliphatic carbocycles. The molecular formula is C17H20N2O4. The van der Waals surface area contributed by atoms with E-state index in [0.29, 0.717) is 5.75 Å². The molecule has 0 saturated carbocycles. The van der Waals surface area contributed by atoms with Gasteiger partial charge in [-0.2, -0.15) is 0 Å². The van der Waals surface area contributed by atoms with Gasteiger partial charge in [0.15, 0.2) is 0 Å². The zero-order chi connectivity index (χ0) is 16.4. The lowest BCUT2D eigenvalue weighted by molar-refractivity contribution is -0.141. The number of pyridine rings is 1. The summed E-state index contributed by atoms with van der Waals surface area (Å²) in [4.78, 5) is 18.6. The van der Waals surface area contributed by atoms with E-state index in [0.717, 1.165) is 41.7 Å². The van der Waals surface area contributed by atoms with Crippen LogP contribution in [0.15, 0.2) is 24.4 Å². The molecule has 0 amide bonds. The second-order valence-electron chi connectivity index (χ2n) is 5.43. The predicted octanol–water partition coefficient (Wildman–Crippen LogP) is 2.39. The summed E-state index contributed by atoms with van der Waals surface area (Å²) in [6.45, 7) is 0.769. The van der Waals surface area contributed by atoms with Gasteiger partial charge in [-0.1, -0.05) is 0 Å². The fraction of sp³-hybridized carbons (Fsp3) is 0.412. The van der Waals surface area contributed by atoms with Crippen molar-refractivity contribution in [1.82, 2.24) is 4.98 Å². The third kappa shape index (κ3) is 2.65. The first-order valence-electron chi connectivity index (χ1n) is 7.54. The Morgan fingerprint density at radius 3 is 2.74 bits per heavy atom. The molecule has 6 nitrogen and oxygen atoms in total. The molecule has 0 radical (unpaired) electrons. The molecular weight excluding hydrogens is 296 g/mol.